The summed E-state index contributed by atoms with van der Waals surface area (Å²) >= 11 is 0. The molecule has 3 rings (SSSR count). The molecule has 0 radical (unpaired) electrons. The van der Waals surface area contributed by atoms with Gasteiger partial charge < -0.3 is 9.63 Å². The van der Waals surface area contributed by atoms with Crippen molar-refractivity contribution < 1.29 is 9.63 Å². The van der Waals surface area contributed by atoms with Crippen molar-refractivity contribution in [2.24, 2.45) is 5.92 Å². The first-order valence-electron chi connectivity index (χ1n) is 6.22. The van der Waals surface area contributed by atoms with Crippen LogP contribution in [0.3, 0.4) is 0 Å². The van der Waals surface area contributed by atoms with Crippen LogP contribution in [0.5, 0.6) is 5.75 Å². The maximum Gasteiger partial charge on any atom is 0.280 e. The second-order valence-electron chi connectivity index (χ2n) is 4.94. The van der Waals surface area contributed by atoms with Gasteiger partial charge >= 0.3 is 0 Å². The molecule has 1 aliphatic rings. The first kappa shape index (κ1) is 11.2. The Bertz CT molecular complexity index is 553. The van der Waals surface area contributed by atoms with Crippen molar-refractivity contribution >= 4 is 0 Å². The molecule has 1 aliphatic carbocycles. The summed E-state index contributed by atoms with van der Waals surface area (Å²) in [4.78, 5) is 8.41. The molecular formula is C13H15N3O2. The Morgan fingerprint density at radius 2 is 2.28 bits per heavy atom. The summed E-state index contributed by atoms with van der Waals surface area (Å²) in [6, 6.07) is 3.22. The van der Waals surface area contributed by atoms with E-state index in [-0.39, 0.29) is 5.75 Å². The van der Waals surface area contributed by atoms with Gasteiger partial charge in [-0.2, -0.15) is 4.98 Å². The third-order valence-electron chi connectivity index (χ3n) is 3.49. The number of aromatic hydroxyl groups is 1. The van der Waals surface area contributed by atoms with Gasteiger partial charge in [-0.1, -0.05) is 12.1 Å². The number of pyridine rings is 1. The summed E-state index contributed by atoms with van der Waals surface area (Å²) < 4.78 is 5.20. The van der Waals surface area contributed by atoms with Crippen LogP contribution in [0.2, 0.25) is 0 Å². The first-order chi connectivity index (χ1) is 8.74. The van der Waals surface area contributed by atoms with Crippen LogP contribution in [0, 0.1) is 5.92 Å². The van der Waals surface area contributed by atoms with E-state index in [1.54, 1.807) is 18.3 Å². The quantitative estimate of drug-likeness (QED) is 0.880. The van der Waals surface area contributed by atoms with E-state index in [0.29, 0.717) is 17.5 Å². The zero-order valence-electron chi connectivity index (χ0n) is 10.2. The highest BCUT2D eigenvalue weighted by molar-refractivity contribution is 5.55. The number of nitrogens with zero attached hydrogens (tertiary/aromatic N) is 3. The van der Waals surface area contributed by atoms with E-state index in [0.717, 1.165) is 24.6 Å². The van der Waals surface area contributed by atoms with Gasteiger partial charge in [0.2, 0.25) is 0 Å². The summed E-state index contributed by atoms with van der Waals surface area (Å²) in [6.07, 6.45) is 5.02. The minimum Gasteiger partial charge on any atom is -0.505 e. The van der Waals surface area contributed by atoms with Gasteiger partial charge in [0.05, 0.1) is 0 Å². The monoisotopic (exact) mass is 245 g/mol. The predicted molar refractivity (Wildman–Crippen MR) is 64.9 cm³/mol. The minimum atomic E-state index is 0.0625. The smallest absolute Gasteiger partial charge is 0.280 e. The van der Waals surface area contributed by atoms with Crippen molar-refractivity contribution in [2.45, 2.75) is 32.1 Å². The highest BCUT2D eigenvalue weighted by Crippen LogP contribution is 2.37. The average molecular weight is 245 g/mol. The van der Waals surface area contributed by atoms with E-state index in [4.69, 9.17) is 4.52 Å². The van der Waals surface area contributed by atoms with Crippen LogP contribution in [0.15, 0.2) is 22.9 Å². The molecule has 1 N–H and O–H groups in total. The molecule has 94 valence electrons. The molecular weight excluding hydrogens is 230 g/mol. The SMILES string of the molecule is CC1CCC(c2noc(-c3ncccc3O)n2)C1. The van der Waals surface area contributed by atoms with Crippen molar-refractivity contribution in [2.75, 3.05) is 0 Å². The molecule has 0 bridgehead atoms. The Hall–Kier alpha value is -1.91. The zero-order valence-corrected chi connectivity index (χ0v) is 10.2. The van der Waals surface area contributed by atoms with E-state index in [9.17, 15) is 5.11 Å². The number of hydrogen-bond acceptors (Lipinski definition) is 5. The van der Waals surface area contributed by atoms with E-state index >= 15 is 0 Å². The lowest BCUT2D eigenvalue weighted by molar-refractivity contribution is 0.409. The average Bonchev–Trinajstić information content (AvgIpc) is 2.98. The summed E-state index contributed by atoms with van der Waals surface area (Å²) in [7, 11) is 0. The molecule has 5 heteroatoms. The van der Waals surface area contributed by atoms with Gasteiger partial charge in [-0.15, -0.1) is 0 Å². The third-order valence-corrected chi connectivity index (χ3v) is 3.49. The maximum atomic E-state index is 9.69. The Kier molecular flexibility index (Phi) is 2.74. The van der Waals surface area contributed by atoms with Gasteiger partial charge in [0.1, 0.15) is 5.75 Å². The van der Waals surface area contributed by atoms with Crippen LogP contribution in [0.1, 0.15) is 37.9 Å². The highest BCUT2D eigenvalue weighted by Gasteiger charge is 2.27. The first-order valence-corrected chi connectivity index (χ1v) is 6.22. The number of aromatic nitrogens is 3. The van der Waals surface area contributed by atoms with E-state index in [2.05, 4.69) is 22.0 Å². The van der Waals surface area contributed by atoms with E-state index in [1.165, 1.54) is 6.42 Å². The van der Waals surface area contributed by atoms with Gasteiger partial charge in [0.25, 0.3) is 5.89 Å². The third kappa shape index (κ3) is 1.96. The molecule has 0 saturated heterocycles. The molecule has 2 unspecified atom stereocenters. The molecule has 1 saturated carbocycles. The molecule has 2 heterocycles. The van der Waals surface area contributed by atoms with Crippen LogP contribution >= 0.6 is 0 Å². The number of hydrogen-bond donors (Lipinski definition) is 1. The fraction of sp³-hybridized carbons (Fsp3) is 0.462. The second kappa shape index (κ2) is 4.40. The van der Waals surface area contributed by atoms with Gasteiger partial charge in [-0.05, 0) is 37.3 Å². The Balaban J connectivity index is 1.88. The van der Waals surface area contributed by atoms with Crippen molar-refractivity contribution in [3.8, 4) is 17.3 Å². The molecule has 2 aromatic heterocycles. The molecule has 2 aromatic rings. The topological polar surface area (TPSA) is 72.0 Å². The van der Waals surface area contributed by atoms with Crippen LogP contribution in [0.25, 0.3) is 11.6 Å². The fourth-order valence-corrected chi connectivity index (χ4v) is 2.50. The molecule has 18 heavy (non-hydrogen) atoms. The van der Waals surface area contributed by atoms with Gasteiger partial charge in [0.15, 0.2) is 11.5 Å². The molecule has 0 aromatic carbocycles. The highest BCUT2D eigenvalue weighted by atomic mass is 16.5. The van der Waals surface area contributed by atoms with Crippen molar-refractivity contribution in [1.82, 2.24) is 15.1 Å². The lowest BCUT2D eigenvalue weighted by atomic mass is 10.1. The lowest BCUT2D eigenvalue weighted by Gasteiger charge is -2.01. The minimum absolute atomic E-state index is 0.0625. The van der Waals surface area contributed by atoms with Crippen LogP contribution < -0.4 is 0 Å². The second-order valence-corrected chi connectivity index (χ2v) is 4.94. The van der Waals surface area contributed by atoms with Crippen LogP contribution in [-0.2, 0) is 0 Å². The Labute approximate surface area is 105 Å². The molecule has 0 aliphatic heterocycles. The van der Waals surface area contributed by atoms with Crippen LogP contribution in [0.4, 0.5) is 0 Å². The fourth-order valence-electron chi connectivity index (χ4n) is 2.50. The van der Waals surface area contributed by atoms with Crippen molar-refractivity contribution in [1.29, 1.82) is 0 Å². The van der Waals surface area contributed by atoms with E-state index in [1.807, 2.05) is 0 Å². The normalized spacial score (nSPS) is 23.4. The summed E-state index contributed by atoms with van der Waals surface area (Å²) in [5.74, 6) is 2.19. The standard InChI is InChI=1S/C13H15N3O2/c1-8-4-5-9(7-8)12-15-13(18-16-12)11-10(17)3-2-6-14-11/h2-3,6,8-9,17H,4-5,7H2,1H3. The lowest BCUT2D eigenvalue weighted by Crippen LogP contribution is -1.96. The molecule has 0 amide bonds. The molecule has 0 spiro atoms. The molecule has 1 fully saturated rings. The van der Waals surface area contributed by atoms with Gasteiger partial charge in [0, 0.05) is 12.1 Å². The van der Waals surface area contributed by atoms with Crippen molar-refractivity contribution in [3.05, 3.63) is 24.2 Å². The van der Waals surface area contributed by atoms with Gasteiger partial charge in [-0.25, -0.2) is 4.98 Å². The maximum absolute atomic E-state index is 9.69. The number of rotatable bonds is 2. The molecule has 2 atom stereocenters. The largest absolute Gasteiger partial charge is 0.505 e. The Morgan fingerprint density at radius 1 is 1.39 bits per heavy atom. The summed E-state index contributed by atoms with van der Waals surface area (Å²) in [5.41, 5.74) is 0.349. The van der Waals surface area contributed by atoms with E-state index < -0.39 is 0 Å². The zero-order chi connectivity index (χ0) is 12.5. The Morgan fingerprint density at radius 3 is 3.00 bits per heavy atom. The van der Waals surface area contributed by atoms with Crippen molar-refractivity contribution in [3.63, 3.8) is 0 Å². The predicted octanol–water partition coefficient (Wildman–Crippen LogP) is 2.74. The summed E-state index contributed by atoms with van der Waals surface area (Å²) in [6.45, 7) is 2.24. The summed E-state index contributed by atoms with van der Waals surface area (Å²) in [5, 5.41) is 13.7. The molecule has 5 nitrogen and oxygen atoms in total. The van der Waals surface area contributed by atoms with Crippen LogP contribution in [-0.4, -0.2) is 20.2 Å². The van der Waals surface area contributed by atoms with Gasteiger partial charge in [-0.3, -0.25) is 0 Å².